The number of hydrogen-bond donors (Lipinski definition) is 2. The van der Waals surface area contributed by atoms with E-state index in [-0.39, 0.29) is 18.5 Å². The Bertz CT molecular complexity index is 527. The highest BCUT2D eigenvalue weighted by molar-refractivity contribution is 7.98. The predicted octanol–water partition coefficient (Wildman–Crippen LogP) is 2.10. The van der Waals surface area contributed by atoms with Gasteiger partial charge in [-0.1, -0.05) is 23.7 Å². The topological polar surface area (TPSA) is 61.4 Å². The van der Waals surface area contributed by atoms with Gasteiger partial charge in [0.25, 0.3) is 0 Å². The molecule has 1 saturated heterocycles. The van der Waals surface area contributed by atoms with Crippen molar-refractivity contribution < 1.29 is 9.59 Å². The van der Waals surface area contributed by atoms with Gasteiger partial charge in [0.15, 0.2) is 0 Å². The van der Waals surface area contributed by atoms with Crippen molar-refractivity contribution in [2.24, 2.45) is 0 Å². The summed E-state index contributed by atoms with van der Waals surface area (Å²) < 4.78 is 0. The van der Waals surface area contributed by atoms with Gasteiger partial charge in [-0.15, -0.1) is 0 Å². The molecule has 0 spiro atoms. The molecule has 1 aliphatic heterocycles. The molecule has 1 fully saturated rings. The monoisotopic (exact) mass is 341 g/mol. The Hall–Kier alpha value is -1.40. The fourth-order valence-electron chi connectivity index (χ4n) is 2.14. The number of thioether (sulfide) groups is 1. The van der Waals surface area contributed by atoms with E-state index in [2.05, 4.69) is 10.6 Å². The van der Waals surface area contributed by atoms with Gasteiger partial charge in [0.05, 0.1) is 0 Å². The zero-order chi connectivity index (χ0) is 15.8. The molecule has 2 rings (SSSR count). The third-order valence-corrected chi connectivity index (χ3v) is 4.49. The number of carbonyl (C=O) groups excluding carboxylic acids is 2. The summed E-state index contributed by atoms with van der Waals surface area (Å²) in [5.41, 5.74) is 1.17. The first-order valence-electron chi connectivity index (χ1n) is 7.27. The van der Waals surface area contributed by atoms with Crippen LogP contribution in [0.15, 0.2) is 24.3 Å². The van der Waals surface area contributed by atoms with E-state index in [0.717, 1.165) is 22.9 Å². The van der Waals surface area contributed by atoms with Gasteiger partial charge < -0.3 is 15.5 Å². The van der Waals surface area contributed by atoms with Crippen molar-refractivity contribution in [3.8, 4) is 0 Å². The molecule has 0 atom stereocenters. The standard InChI is InChI=1S/C15H20ClN3O2S/c16-13-4-1-3-12(9-13)11-22-8-6-18-15(21)19-7-2-5-17-14(20)10-19/h1,3-4,9H,2,5-8,10-11H2,(H,17,20)(H,18,21). The summed E-state index contributed by atoms with van der Waals surface area (Å²) in [5, 5.41) is 6.35. The number of carbonyl (C=O) groups is 2. The van der Waals surface area contributed by atoms with Gasteiger partial charge in [0.2, 0.25) is 5.91 Å². The third kappa shape index (κ3) is 5.77. The summed E-state index contributed by atoms with van der Waals surface area (Å²) in [5.74, 6) is 1.59. The molecule has 1 aromatic rings. The van der Waals surface area contributed by atoms with E-state index in [9.17, 15) is 9.59 Å². The number of rotatable bonds is 5. The van der Waals surface area contributed by atoms with Gasteiger partial charge >= 0.3 is 6.03 Å². The maximum Gasteiger partial charge on any atom is 0.317 e. The molecule has 120 valence electrons. The van der Waals surface area contributed by atoms with Crippen LogP contribution in [0.25, 0.3) is 0 Å². The molecule has 0 aliphatic carbocycles. The van der Waals surface area contributed by atoms with Crippen molar-refractivity contribution >= 4 is 35.3 Å². The zero-order valence-electron chi connectivity index (χ0n) is 12.3. The Morgan fingerprint density at radius 1 is 1.45 bits per heavy atom. The molecule has 0 bridgehead atoms. The van der Waals surface area contributed by atoms with E-state index in [1.807, 2.05) is 24.3 Å². The fourth-order valence-corrected chi connectivity index (χ4v) is 3.16. The van der Waals surface area contributed by atoms with Gasteiger partial charge in [-0.25, -0.2) is 4.79 Å². The second-order valence-corrected chi connectivity index (χ2v) is 6.58. The molecule has 1 aliphatic rings. The summed E-state index contributed by atoms with van der Waals surface area (Å²) in [6.07, 6.45) is 0.794. The van der Waals surface area contributed by atoms with Gasteiger partial charge in [0.1, 0.15) is 6.54 Å². The molecule has 1 aromatic carbocycles. The first kappa shape index (κ1) is 17.0. The van der Waals surface area contributed by atoms with Crippen LogP contribution in [0.3, 0.4) is 0 Å². The average molecular weight is 342 g/mol. The molecule has 5 nitrogen and oxygen atoms in total. The van der Waals surface area contributed by atoms with Crippen LogP contribution in [-0.2, 0) is 10.5 Å². The van der Waals surface area contributed by atoms with E-state index >= 15 is 0 Å². The minimum Gasteiger partial charge on any atom is -0.354 e. The molecule has 7 heteroatoms. The minimum atomic E-state index is -0.166. The lowest BCUT2D eigenvalue weighted by Crippen LogP contribution is -2.44. The van der Waals surface area contributed by atoms with Crippen molar-refractivity contribution in [1.82, 2.24) is 15.5 Å². The summed E-state index contributed by atoms with van der Waals surface area (Å²) in [6.45, 7) is 1.97. The van der Waals surface area contributed by atoms with Crippen LogP contribution >= 0.6 is 23.4 Å². The normalized spacial score (nSPS) is 15.1. The van der Waals surface area contributed by atoms with E-state index in [0.29, 0.717) is 19.6 Å². The van der Waals surface area contributed by atoms with Crippen LogP contribution < -0.4 is 10.6 Å². The van der Waals surface area contributed by atoms with Crippen molar-refractivity contribution in [2.45, 2.75) is 12.2 Å². The quantitative estimate of drug-likeness (QED) is 0.806. The summed E-state index contributed by atoms with van der Waals surface area (Å²) in [7, 11) is 0. The Labute approximate surface area is 139 Å². The number of halogens is 1. The van der Waals surface area contributed by atoms with Crippen LogP contribution in [0.2, 0.25) is 5.02 Å². The minimum absolute atomic E-state index is 0.0945. The second kappa shape index (κ2) is 8.90. The van der Waals surface area contributed by atoms with Crippen LogP contribution in [0.1, 0.15) is 12.0 Å². The number of benzene rings is 1. The molecule has 22 heavy (non-hydrogen) atoms. The number of hydrogen-bond acceptors (Lipinski definition) is 3. The first-order valence-corrected chi connectivity index (χ1v) is 8.80. The number of urea groups is 1. The fraction of sp³-hybridized carbons (Fsp3) is 0.467. The van der Waals surface area contributed by atoms with Crippen LogP contribution in [0, 0.1) is 0 Å². The number of amides is 3. The maximum atomic E-state index is 12.0. The van der Waals surface area contributed by atoms with Crippen LogP contribution in [-0.4, -0.2) is 48.8 Å². The highest BCUT2D eigenvalue weighted by atomic mass is 35.5. The molecular weight excluding hydrogens is 322 g/mol. The highest BCUT2D eigenvalue weighted by Crippen LogP contribution is 2.16. The molecule has 0 unspecified atom stereocenters. The lowest BCUT2D eigenvalue weighted by molar-refractivity contribution is -0.121. The third-order valence-electron chi connectivity index (χ3n) is 3.23. The van der Waals surface area contributed by atoms with Crippen LogP contribution in [0.5, 0.6) is 0 Å². The Morgan fingerprint density at radius 2 is 2.32 bits per heavy atom. The highest BCUT2D eigenvalue weighted by Gasteiger charge is 2.18. The van der Waals surface area contributed by atoms with E-state index in [1.54, 1.807) is 16.7 Å². The van der Waals surface area contributed by atoms with Crippen LogP contribution in [0.4, 0.5) is 4.79 Å². The Balaban J connectivity index is 1.63. The molecule has 2 N–H and O–H groups in total. The molecular formula is C15H20ClN3O2S. The lowest BCUT2D eigenvalue weighted by Gasteiger charge is -2.19. The smallest absolute Gasteiger partial charge is 0.317 e. The molecule has 3 amide bonds. The van der Waals surface area contributed by atoms with E-state index in [4.69, 9.17) is 11.6 Å². The molecule has 0 aromatic heterocycles. The average Bonchev–Trinajstić information content (AvgIpc) is 2.71. The summed E-state index contributed by atoms with van der Waals surface area (Å²) in [4.78, 5) is 25.0. The predicted molar refractivity (Wildman–Crippen MR) is 90.2 cm³/mol. The number of nitrogens with zero attached hydrogens (tertiary/aromatic N) is 1. The van der Waals surface area contributed by atoms with E-state index < -0.39 is 0 Å². The molecule has 0 saturated carbocycles. The Morgan fingerprint density at radius 3 is 3.14 bits per heavy atom. The molecule has 1 heterocycles. The van der Waals surface area contributed by atoms with Gasteiger partial charge in [-0.3, -0.25) is 4.79 Å². The number of nitrogens with one attached hydrogen (secondary N) is 2. The first-order chi connectivity index (χ1) is 10.6. The molecule has 0 radical (unpaired) electrons. The Kier molecular flexibility index (Phi) is 6.86. The van der Waals surface area contributed by atoms with E-state index in [1.165, 1.54) is 5.56 Å². The lowest BCUT2D eigenvalue weighted by atomic mass is 10.2. The summed E-state index contributed by atoms with van der Waals surface area (Å²) >= 11 is 7.67. The largest absolute Gasteiger partial charge is 0.354 e. The second-order valence-electron chi connectivity index (χ2n) is 5.04. The zero-order valence-corrected chi connectivity index (χ0v) is 13.9. The van der Waals surface area contributed by atoms with Crippen molar-refractivity contribution in [3.05, 3.63) is 34.9 Å². The van der Waals surface area contributed by atoms with Crippen molar-refractivity contribution in [2.75, 3.05) is 31.9 Å². The van der Waals surface area contributed by atoms with Gasteiger partial charge in [-0.05, 0) is 24.1 Å². The summed E-state index contributed by atoms with van der Waals surface area (Å²) in [6, 6.07) is 7.61. The van der Waals surface area contributed by atoms with Gasteiger partial charge in [0, 0.05) is 36.2 Å². The van der Waals surface area contributed by atoms with Gasteiger partial charge in [-0.2, -0.15) is 11.8 Å². The van der Waals surface area contributed by atoms with Crippen molar-refractivity contribution in [1.29, 1.82) is 0 Å². The SMILES string of the molecule is O=C1CN(C(=O)NCCSCc2cccc(Cl)c2)CCCN1. The van der Waals surface area contributed by atoms with Crippen molar-refractivity contribution in [3.63, 3.8) is 0 Å². The maximum absolute atomic E-state index is 12.0.